The Morgan fingerprint density at radius 1 is 1.03 bits per heavy atom. The highest BCUT2D eigenvalue weighted by Crippen LogP contribution is 2.35. The molecule has 39 heavy (non-hydrogen) atoms. The highest BCUT2D eigenvalue weighted by atomic mass is 32.2. The summed E-state index contributed by atoms with van der Waals surface area (Å²) in [5.74, 6) is 1.60. The Hall–Kier alpha value is -2.94. The van der Waals surface area contributed by atoms with Gasteiger partial charge in [-0.2, -0.15) is 4.31 Å². The van der Waals surface area contributed by atoms with Crippen LogP contribution in [0.2, 0.25) is 0 Å². The van der Waals surface area contributed by atoms with Gasteiger partial charge in [-0.05, 0) is 29.6 Å². The molecule has 0 aromatic carbocycles. The normalized spacial score (nSPS) is 17.9. The van der Waals surface area contributed by atoms with E-state index in [4.69, 9.17) is 14.7 Å². The molecule has 7 rings (SSSR count). The van der Waals surface area contributed by atoms with Gasteiger partial charge in [0.1, 0.15) is 20.5 Å². The second-order valence-corrected chi connectivity index (χ2v) is 13.9. The van der Waals surface area contributed by atoms with Crippen molar-refractivity contribution in [3.05, 3.63) is 53.0 Å². The van der Waals surface area contributed by atoms with Gasteiger partial charge < -0.3 is 14.6 Å². The SMILES string of the molecule is O=S(=O)(c1cccs1)N1CCN(Cc2cc3c(N4CCOCC4)nc(-c4cnc5[nH]ccc5c4)nc3s2)CC1. The smallest absolute Gasteiger partial charge is 0.252 e. The Balaban J connectivity index is 1.16. The number of thiophene rings is 2. The second kappa shape index (κ2) is 10.2. The van der Waals surface area contributed by atoms with Gasteiger partial charge in [0.2, 0.25) is 0 Å². The monoisotopic (exact) mass is 581 g/mol. The van der Waals surface area contributed by atoms with E-state index in [0.717, 1.165) is 52.3 Å². The maximum absolute atomic E-state index is 12.9. The number of hydrogen-bond acceptors (Lipinski definition) is 10. The Kier molecular flexibility index (Phi) is 6.57. The number of rotatable bonds is 6. The van der Waals surface area contributed by atoms with Crippen molar-refractivity contribution in [3.63, 3.8) is 0 Å². The van der Waals surface area contributed by atoms with Gasteiger partial charge in [0.05, 0.1) is 18.6 Å². The average molecular weight is 582 g/mol. The van der Waals surface area contributed by atoms with E-state index in [1.165, 1.54) is 16.2 Å². The van der Waals surface area contributed by atoms with Gasteiger partial charge in [0, 0.05) is 74.0 Å². The fourth-order valence-corrected chi connectivity index (χ4v) is 8.76. The third-order valence-electron chi connectivity index (χ3n) is 7.19. The first-order valence-corrected chi connectivity index (χ1v) is 16.0. The molecule has 2 aliphatic heterocycles. The molecule has 0 unspecified atom stereocenters. The van der Waals surface area contributed by atoms with E-state index in [9.17, 15) is 8.42 Å². The van der Waals surface area contributed by atoms with Gasteiger partial charge >= 0.3 is 0 Å². The van der Waals surface area contributed by atoms with Crippen molar-refractivity contribution in [1.82, 2.24) is 29.1 Å². The summed E-state index contributed by atoms with van der Waals surface area (Å²) in [7, 11) is -3.41. The van der Waals surface area contributed by atoms with Gasteiger partial charge in [0.15, 0.2) is 5.82 Å². The molecule has 0 bridgehead atoms. The van der Waals surface area contributed by atoms with Crippen LogP contribution < -0.4 is 4.90 Å². The molecule has 0 amide bonds. The molecule has 0 radical (unpaired) electrons. The number of sulfonamides is 1. The topological polar surface area (TPSA) is 108 Å². The number of aromatic amines is 1. The highest BCUT2D eigenvalue weighted by Gasteiger charge is 2.29. The molecule has 202 valence electrons. The number of aromatic nitrogens is 4. The zero-order valence-electron chi connectivity index (χ0n) is 21.1. The third kappa shape index (κ3) is 4.83. The van der Waals surface area contributed by atoms with E-state index >= 15 is 0 Å². The van der Waals surface area contributed by atoms with E-state index in [-0.39, 0.29) is 0 Å². The molecule has 5 aromatic rings. The summed E-state index contributed by atoms with van der Waals surface area (Å²) in [6.45, 7) is 6.02. The number of pyridine rings is 1. The van der Waals surface area contributed by atoms with E-state index in [1.807, 2.05) is 18.5 Å². The number of nitrogens with zero attached hydrogens (tertiary/aromatic N) is 6. The minimum absolute atomic E-state index is 0.413. The van der Waals surface area contributed by atoms with Crippen molar-refractivity contribution in [1.29, 1.82) is 0 Å². The van der Waals surface area contributed by atoms with Crippen molar-refractivity contribution < 1.29 is 13.2 Å². The molecule has 2 fully saturated rings. The Morgan fingerprint density at radius 3 is 2.67 bits per heavy atom. The zero-order chi connectivity index (χ0) is 26.4. The minimum atomic E-state index is -3.41. The van der Waals surface area contributed by atoms with Crippen molar-refractivity contribution in [2.24, 2.45) is 0 Å². The maximum Gasteiger partial charge on any atom is 0.252 e. The van der Waals surface area contributed by atoms with Gasteiger partial charge in [-0.3, -0.25) is 4.90 Å². The van der Waals surface area contributed by atoms with Crippen LogP contribution in [0.5, 0.6) is 0 Å². The van der Waals surface area contributed by atoms with Crippen LogP contribution in [0.1, 0.15) is 4.88 Å². The molecule has 1 N–H and O–H groups in total. The second-order valence-electron chi connectivity index (χ2n) is 9.65. The van der Waals surface area contributed by atoms with Gasteiger partial charge in [0.25, 0.3) is 10.0 Å². The first-order chi connectivity index (χ1) is 19.0. The molecule has 13 heteroatoms. The van der Waals surface area contributed by atoms with Crippen LogP contribution in [0, 0.1) is 0 Å². The van der Waals surface area contributed by atoms with Crippen molar-refractivity contribution in [3.8, 4) is 11.4 Å². The van der Waals surface area contributed by atoms with E-state index in [1.54, 1.807) is 33.2 Å². The summed E-state index contributed by atoms with van der Waals surface area (Å²) in [5, 5.41) is 3.88. The quantitative estimate of drug-likeness (QED) is 0.324. The van der Waals surface area contributed by atoms with Gasteiger partial charge in [-0.1, -0.05) is 6.07 Å². The van der Waals surface area contributed by atoms with Crippen LogP contribution in [-0.2, 0) is 21.3 Å². The largest absolute Gasteiger partial charge is 0.378 e. The standard InChI is InChI=1S/C26H27N7O3S3/c34-39(35,22-2-1-13-37-22)33-7-5-31(6-8-33)17-20-15-21-25(32-9-11-36-12-10-32)29-24(30-26(21)38-20)19-14-18-3-4-27-23(18)28-16-19/h1-4,13-16H,5-12,17H2,(H,27,28). The van der Waals surface area contributed by atoms with E-state index in [0.29, 0.717) is 49.4 Å². The van der Waals surface area contributed by atoms with E-state index < -0.39 is 10.0 Å². The number of ether oxygens (including phenoxy) is 1. The number of anilines is 1. The molecule has 0 saturated carbocycles. The van der Waals surface area contributed by atoms with E-state index in [2.05, 4.69) is 31.9 Å². The number of nitrogens with one attached hydrogen (secondary N) is 1. The molecule has 0 atom stereocenters. The summed E-state index contributed by atoms with van der Waals surface area (Å²) < 4.78 is 33.4. The number of morpholine rings is 1. The molecular weight excluding hydrogens is 555 g/mol. The van der Waals surface area contributed by atoms with Crippen LogP contribution >= 0.6 is 22.7 Å². The molecule has 7 heterocycles. The summed E-state index contributed by atoms with van der Waals surface area (Å²) in [6.07, 6.45) is 3.70. The lowest BCUT2D eigenvalue weighted by atomic mass is 10.2. The third-order valence-corrected chi connectivity index (χ3v) is 11.5. The number of fused-ring (bicyclic) bond motifs is 2. The highest BCUT2D eigenvalue weighted by molar-refractivity contribution is 7.91. The average Bonchev–Trinajstić information content (AvgIpc) is 3.74. The maximum atomic E-state index is 12.9. The lowest BCUT2D eigenvalue weighted by Crippen LogP contribution is -2.47. The van der Waals surface area contributed by atoms with Crippen LogP contribution in [0.15, 0.2) is 52.3 Å². The summed E-state index contributed by atoms with van der Waals surface area (Å²) in [6, 6.07) is 9.74. The molecule has 0 aliphatic carbocycles. The van der Waals surface area contributed by atoms with Crippen LogP contribution in [0.4, 0.5) is 5.82 Å². The fraction of sp³-hybridized carbons (Fsp3) is 0.346. The van der Waals surface area contributed by atoms with Gasteiger partial charge in [-0.15, -0.1) is 22.7 Å². The zero-order valence-corrected chi connectivity index (χ0v) is 23.6. The first kappa shape index (κ1) is 25.1. The minimum Gasteiger partial charge on any atom is -0.378 e. The fourth-order valence-electron chi connectivity index (χ4n) is 5.13. The molecule has 2 saturated heterocycles. The number of hydrogen-bond donors (Lipinski definition) is 1. The predicted molar refractivity (Wildman–Crippen MR) is 154 cm³/mol. The number of H-pyrrole nitrogens is 1. The summed E-state index contributed by atoms with van der Waals surface area (Å²) >= 11 is 2.95. The van der Waals surface area contributed by atoms with Crippen molar-refractivity contribution in [2.75, 3.05) is 57.4 Å². The van der Waals surface area contributed by atoms with Crippen LogP contribution in [0.25, 0.3) is 32.6 Å². The Labute approximate surface area is 233 Å². The summed E-state index contributed by atoms with van der Waals surface area (Å²) in [5.41, 5.74) is 1.73. The number of piperazine rings is 1. The molecular formula is C26H27N7O3S3. The summed E-state index contributed by atoms with van der Waals surface area (Å²) in [4.78, 5) is 24.4. The van der Waals surface area contributed by atoms with Crippen LogP contribution in [0.3, 0.4) is 0 Å². The lowest BCUT2D eigenvalue weighted by molar-refractivity contribution is 0.122. The van der Waals surface area contributed by atoms with Crippen LogP contribution in [-0.4, -0.2) is 90.0 Å². The molecule has 5 aromatic heterocycles. The van der Waals surface area contributed by atoms with Crippen molar-refractivity contribution >= 4 is 59.8 Å². The van der Waals surface area contributed by atoms with Gasteiger partial charge in [-0.25, -0.2) is 23.4 Å². The lowest BCUT2D eigenvalue weighted by Gasteiger charge is -2.33. The molecule has 0 spiro atoms. The molecule has 10 nitrogen and oxygen atoms in total. The predicted octanol–water partition coefficient (Wildman–Crippen LogP) is 3.64. The Morgan fingerprint density at radius 2 is 1.87 bits per heavy atom. The first-order valence-electron chi connectivity index (χ1n) is 12.9. The molecule has 2 aliphatic rings. The Bertz CT molecular complexity index is 1720. The van der Waals surface area contributed by atoms with Crippen molar-refractivity contribution in [2.45, 2.75) is 10.8 Å².